The number of halogens is 1. The van der Waals surface area contributed by atoms with Gasteiger partial charge >= 0.3 is 0 Å². The van der Waals surface area contributed by atoms with Crippen molar-refractivity contribution in [2.45, 2.75) is 33.6 Å². The number of nitrogens with one attached hydrogen (secondary N) is 1. The maximum atomic E-state index is 12.3. The fraction of sp³-hybridized carbons (Fsp3) is 0.312. The van der Waals surface area contributed by atoms with Gasteiger partial charge in [-0.05, 0) is 49.6 Å². The number of hydrogen-bond donors (Lipinski definition) is 1. The maximum Gasteiger partial charge on any atom is 0.265 e. The van der Waals surface area contributed by atoms with Crippen molar-refractivity contribution in [2.24, 2.45) is 0 Å². The molecule has 0 fully saturated rings. The van der Waals surface area contributed by atoms with Crippen molar-refractivity contribution in [3.63, 3.8) is 0 Å². The first-order chi connectivity index (χ1) is 9.51. The second-order valence-electron chi connectivity index (χ2n) is 4.88. The zero-order chi connectivity index (χ0) is 14.7. The number of carbonyl (C=O) groups excluding carboxylic acids is 1. The van der Waals surface area contributed by atoms with Crippen molar-refractivity contribution < 1.29 is 4.79 Å². The van der Waals surface area contributed by atoms with Crippen molar-refractivity contribution >= 4 is 34.5 Å². The van der Waals surface area contributed by atoms with Crippen LogP contribution in [0.4, 0.5) is 5.69 Å². The van der Waals surface area contributed by atoms with Gasteiger partial charge in [0.15, 0.2) is 0 Å². The lowest BCUT2D eigenvalue weighted by atomic mass is 10.1. The molecule has 1 aromatic heterocycles. The highest BCUT2D eigenvalue weighted by atomic mass is 35.5. The molecule has 1 heterocycles. The summed E-state index contributed by atoms with van der Waals surface area (Å²) >= 11 is 7.67. The summed E-state index contributed by atoms with van der Waals surface area (Å²) in [7, 11) is 0. The summed E-state index contributed by atoms with van der Waals surface area (Å²) in [5.74, 6) is -0.0915. The zero-order valence-electron chi connectivity index (χ0n) is 11.9. The van der Waals surface area contributed by atoms with Crippen LogP contribution in [0, 0.1) is 13.8 Å². The first kappa shape index (κ1) is 15.1. The summed E-state index contributed by atoms with van der Waals surface area (Å²) in [5, 5.41) is 3.45. The molecule has 0 aliphatic rings. The van der Waals surface area contributed by atoms with E-state index in [-0.39, 0.29) is 5.91 Å². The first-order valence-corrected chi connectivity index (χ1v) is 7.87. The van der Waals surface area contributed by atoms with Crippen LogP contribution >= 0.6 is 22.9 Å². The average molecular weight is 308 g/mol. The fourth-order valence-electron chi connectivity index (χ4n) is 2.05. The molecular weight excluding hydrogens is 290 g/mol. The summed E-state index contributed by atoms with van der Waals surface area (Å²) < 4.78 is 0. The van der Waals surface area contributed by atoms with E-state index in [2.05, 4.69) is 19.2 Å². The Morgan fingerprint density at radius 2 is 2.05 bits per heavy atom. The lowest BCUT2D eigenvalue weighted by Crippen LogP contribution is -2.10. The molecule has 0 bridgehead atoms. The molecule has 20 heavy (non-hydrogen) atoms. The molecular formula is C16H18ClNOS. The van der Waals surface area contributed by atoms with E-state index in [0.29, 0.717) is 10.7 Å². The lowest BCUT2D eigenvalue weighted by molar-refractivity contribution is 0.103. The van der Waals surface area contributed by atoms with Crippen LogP contribution in [0.3, 0.4) is 0 Å². The van der Waals surface area contributed by atoms with E-state index in [1.807, 2.05) is 31.2 Å². The minimum absolute atomic E-state index is 0.0915. The quantitative estimate of drug-likeness (QED) is 0.824. The number of aryl methyl sites for hydroxylation is 3. The SMILES string of the molecule is CCCc1cc(C(=O)Nc2ccc(C)cc2Cl)sc1C. The van der Waals surface area contributed by atoms with Crippen LogP contribution in [0.2, 0.25) is 5.02 Å². The molecule has 1 N–H and O–H groups in total. The normalized spacial score (nSPS) is 10.6. The van der Waals surface area contributed by atoms with E-state index in [1.54, 1.807) is 0 Å². The van der Waals surface area contributed by atoms with Gasteiger partial charge < -0.3 is 5.32 Å². The van der Waals surface area contributed by atoms with E-state index in [9.17, 15) is 4.79 Å². The first-order valence-electron chi connectivity index (χ1n) is 6.68. The van der Waals surface area contributed by atoms with Gasteiger partial charge in [-0.2, -0.15) is 0 Å². The van der Waals surface area contributed by atoms with Crippen LogP contribution < -0.4 is 5.32 Å². The van der Waals surface area contributed by atoms with Crippen LogP contribution in [0.15, 0.2) is 24.3 Å². The smallest absolute Gasteiger partial charge is 0.265 e. The molecule has 0 spiro atoms. The third kappa shape index (κ3) is 3.41. The van der Waals surface area contributed by atoms with Crippen molar-refractivity contribution in [2.75, 3.05) is 5.32 Å². The Morgan fingerprint density at radius 1 is 1.30 bits per heavy atom. The molecule has 0 unspecified atom stereocenters. The van der Waals surface area contributed by atoms with Gasteiger partial charge in [0, 0.05) is 4.88 Å². The third-order valence-electron chi connectivity index (χ3n) is 3.14. The molecule has 2 aromatic rings. The highest BCUT2D eigenvalue weighted by Crippen LogP contribution is 2.26. The van der Waals surface area contributed by atoms with Crippen molar-refractivity contribution in [1.29, 1.82) is 0 Å². The van der Waals surface area contributed by atoms with Crippen LogP contribution in [-0.2, 0) is 6.42 Å². The summed E-state index contributed by atoms with van der Waals surface area (Å²) in [6.07, 6.45) is 2.10. The number of rotatable bonds is 4. The maximum absolute atomic E-state index is 12.3. The second-order valence-corrected chi connectivity index (χ2v) is 6.54. The number of anilines is 1. The Bertz CT molecular complexity index is 633. The molecule has 0 saturated carbocycles. The summed E-state index contributed by atoms with van der Waals surface area (Å²) in [4.78, 5) is 14.2. The molecule has 0 saturated heterocycles. The second kappa shape index (κ2) is 6.42. The Morgan fingerprint density at radius 3 is 2.70 bits per heavy atom. The number of carbonyl (C=O) groups is 1. The Kier molecular flexibility index (Phi) is 4.84. The summed E-state index contributed by atoms with van der Waals surface area (Å²) in [5.41, 5.74) is 2.99. The number of thiophene rings is 1. The van der Waals surface area contributed by atoms with Gasteiger partial charge in [0.1, 0.15) is 0 Å². The van der Waals surface area contributed by atoms with Crippen molar-refractivity contribution in [3.8, 4) is 0 Å². The lowest BCUT2D eigenvalue weighted by Gasteiger charge is -2.06. The molecule has 106 valence electrons. The number of benzene rings is 1. The van der Waals surface area contributed by atoms with Gasteiger partial charge in [-0.1, -0.05) is 31.0 Å². The van der Waals surface area contributed by atoms with E-state index < -0.39 is 0 Å². The van der Waals surface area contributed by atoms with Crippen molar-refractivity contribution in [1.82, 2.24) is 0 Å². The van der Waals surface area contributed by atoms with Crippen LogP contribution in [0.5, 0.6) is 0 Å². The Balaban J connectivity index is 2.17. The topological polar surface area (TPSA) is 29.1 Å². The molecule has 2 rings (SSSR count). The van der Waals surface area contributed by atoms with Gasteiger partial charge in [-0.3, -0.25) is 4.79 Å². The highest BCUT2D eigenvalue weighted by molar-refractivity contribution is 7.14. The predicted molar refractivity (Wildman–Crippen MR) is 87.2 cm³/mol. The number of hydrogen-bond acceptors (Lipinski definition) is 2. The standard InChI is InChI=1S/C16H18ClNOS/c1-4-5-12-9-15(20-11(12)3)16(19)18-14-7-6-10(2)8-13(14)17/h6-9H,4-5H2,1-3H3,(H,18,19). The predicted octanol–water partition coefficient (Wildman–Crippen LogP) is 5.22. The minimum Gasteiger partial charge on any atom is -0.320 e. The summed E-state index contributed by atoms with van der Waals surface area (Å²) in [6.45, 7) is 6.17. The number of amides is 1. The van der Waals surface area contributed by atoms with Gasteiger partial charge in [-0.15, -0.1) is 11.3 Å². The van der Waals surface area contributed by atoms with Crippen LogP contribution in [-0.4, -0.2) is 5.91 Å². The third-order valence-corrected chi connectivity index (χ3v) is 4.54. The van der Waals surface area contributed by atoms with Crippen molar-refractivity contribution in [3.05, 3.63) is 50.2 Å². The molecule has 0 aliphatic heterocycles. The van der Waals surface area contributed by atoms with E-state index >= 15 is 0 Å². The molecule has 2 nitrogen and oxygen atoms in total. The average Bonchev–Trinajstić information content (AvgIpc) is 2.75. The van der Waals surface area contributed by atoms with E-state index in [4.69, 9.17) is 11.6 Å². The van der Waals surface area contributed by atoms with Gasteiger partial charge in [0.05, 0.1) is 15.6 Å². The van der Waals surface area contributed by atoms with Gasteiger partial charge in [-0.25, -0.2) is 0 Å². The monoisotopic (exact) mass is 307 g/mol. The fourth-order valence-corrected chi connectivity index (χ4v) is 3.30. The van der Waals surface area contributed by atoms with Crippen LogP contribution in [0.25, 0.3) is 0 Å². The molecule has 1 amide bonds. The van der Waals surface area contributed by atoms with E-state index in [0.717, 1.165) is 23.3 Å². The Labute approximate surface area is 128 Å². The molecule has 1 aromatic carbocycles. The molecule has 0 aliphatic carbocycles. The van der Waals surface area contributed by atoms with Crippen LogP contribution in [0.1, 0.15) is 39.0 Å². The van der Waals surface area contributed by atoms with Gasteiger partial charge in [0.25, 0.3) is 5.91 Å². The van der Waals surface area contributed by atoms with E-state index in [1.165, 1.54) is 21.8 Å². The molecule has 0 atom stereocenters. The molecule has 0 radical (unpaired) electrons. The highest BCUT2D eigenvalue weighted by Gasteiger charge is 2.13. The minimum atomic E-state index is -0.0915. The zero-order valence-corrected chi connectivity index (χ0v) is 13.5. The Hall–Kier alpha value is -1.32. The summed E-state index contributed by atoms with van der Waals surface area (Å²) in [6, 6.07) is 7.60. The van der Waals surface area contributed by atoms with Gasteiger partial charge in [0.2, 0.25) is 0 Å². The molecule has 4 heteroatoms. The largest absolute Gasteiger partial charge is 0.320 e.